The molecule has 0 aliphatic carbocycles. The molecule has 7 heteroatoms. The standard InChI is InChI=1S/C20H29BF2O4/c1-13(2)25-11-10-15(14-8-9-17(24-7)16(22)12-14)18(23)21-26-19(3,4)20(5,6)27-21/h8-9,12-13H,10-11H2,1-7H3. The molecule has 1 aliphatic heterocycles. The monoisotopic (exact) mass is 382 g/mol. The molecular weight excluding hydrogens is 353 g/mol. The molecule has 1 fully saturated rings. The highest BCUT2D eigenvalue weighted by molar-refractivity contribution is 6.55. The van der Waals surface area contributed by atoms with E-state index in [1.165, 1.54) is 19.2 Å². The van der Waals surface area contributed by atoms with Gasteiger partial charge in [-0.2, -0.15) is 0 Å². The molecule has 1 aromatic carbocycles. The van der Waals surface area contributed by atoms with Crippen LogP contribution < -0.4 is 4.74 Å². The maximum absolute atomic E-state index is 15.4. The second-order valence-electron chi connectivity index (χ2n) is 7.93. The van der Waals surface area contributed by atoms with Crippen LogP contribution >= 0.6 is 0 Å². The van der Waals surface area contributed by atoms with Gasteiger partial charge in [0.1, 0.15) is 5.73 Å². The Kier molecular flexibility index (Phi) is 6.71. The number of benzene rings is 1. The number of hydrogen-bond donors (Lipinski definition) is 0. The van der Waals surface area contributed by atoms with Crippen molar-refractivity contribution in [3.05, 3.63) is 35.3 Å². The molecule has 27 heavy (non-hydrogen) atoms. The minimum absolute atomic E-state index is 0.0127. The molecule has 0 unspecified atom stereocenters. The normalized spacial score (nSPS) is 19.4. The molecular formula is C20H29BF2O4. The first-order valence-electron chi connectivity index (χ1n) is 9.18. The van der Waals surface area contributed by atoms with Crippen LogP contribution in [0.2, 0.25) is 0 Å². The Hall–Kier alpha value is -1.44. The summed E-state index contributed by atoms with van der Waals surface area (Å²) in [5.41, 5.74) is -1.19. The highest BCUT2D eigenvalue weighted by Gasteiger charge is 2.53. The third-order valence-corrected chi connectivity index (χ3v) is 5.05. The van der Waals surface area contributed by atoms with E-state index in [-0.39, 0.29) is 18.3 Å². The maximum atomic E-state index is 15.4. The molecule has 0 N–H and O–H groups in total. The molecule has 2 rings (SSSR count). The summed E-state index contributed by atoms with van der Waals surface area (Å²) in [5, 5.41) is 0. The van der Waals surface area contributed by atoms with Gasteiger partial charge in [0, 0.05) is 0 Å². The first-order valence-corrected chi connectivity index (χ1v) is 9.18. The van der Waals surface area contributed by atoms with Gasteiger partial charge in [0.15, 0.2) is 11.6 Å². The molecule has 0 aromatic heterocycles. The zero-order valence-electron chi connectivity index (χ0n) is 17.2. The van der Waals surface area contributed by atoms with Crippen molar-refractivity contribution in [2.75, 3.05) is 13.7 Å². The highest BCUT2D eigenvalue weighted by Crippen LogP contribution is 2.41. The third-order valence-electron chi connectivity index (χ3n) is 5.05. The van der Waals surface area contributed by atoms with Gasteiger partial charge < -0.3 is 18.8 Å². The summed E-state index contributed by atoms with van der Waals surface area (Å²) in [7, 11) is 0.241. The molecule has 1 aliphatic rings. The van der Waals surface area contributed by atoms with Gasteiger partial charge in [-0.1, -0.05) is 6.07 Å². The van der Waals surface area contributed by atoms with Gasteiger partial charge in [-0.15, -0.1) is 0 Å². The Morgan fingerprint density at radius 3 is 2.22 bits per heavy atom. The lowest BCUT2D eigenvalue weighted by molar-refractivity contribution is 0.00578. The van der Waals surface area contributed by atoms with E-state index in [0.717, 1.165) is 0 Å². The van der Waals surface area contributed by atoms with Crippen LogP contribution in [-0.2, 0) is 14.0 Å². The molecule has 0 spiro atoms. The Bertz CT molecular complexity index is 685. The average Bonchev–Trinajstić information content (AvgIpc) is 2.78. The van der Waals surface area contributed by atoms with Gasteiger partial charge in [-0.3, -0.25) is 0 Å². The first-order chi connectivity index (χ1) is 12.5. The number of hydrogen-bond acceptors (Lipinski definition) is 4. The Balaban J connectivity index is 2.39. The zero-order valence-corrected chi connectivity index (χ0v) is 17.2. The van der Waals surface area contributed by atoms with E-state index < -0.39 is 29.9 Å². The van der Waals surface area contributed by atoms with Crippen LogP contribution in [0, 0.1) is 5.82 Å². The molecule has 1 heterocycles. The van der Waals surface area contributed by atoms with Crippen LogP contribution in [-0.4, -0.2) is 38.1 Å². The van der Waals surface area contributed by atoms with Gasteiger partial charge in [0.05, 0.1) is 31.0 Å². The van der Waals surface area contributed by atoms with Crippen LogP contribution in [0.15, 0.2) is 23.9 Å². The topological polar surface area (TPSA) is 36.9 Å². The fourth-order valence-corrected chi connectivity index (χ4v) is 2.74. The van der Waals surface area contributed by atoms with Crippen molar-refractivity contribution in [3.63, 3.8) is 0 Å². The Labute approximate surface area is 161 Å². The maximum Gasteiger partial charge on any atom is 0.525 e. The van der Waals surface area contributed by atoms with Crippen molar-refractivity contribution in [2.24, 2.45) is 0 Å². The van der Waals surface area contributed by atoms with Crippen LogP contribution in [0.25, 0.3) is 5.57 Å². The fourth-order valence-electron chi connectivity index (χ4n) is 2.74. The number of ether oxygens (including phenoxy) is 2. The number of rotatable bonds is 7. The van der Waals surface area contributed by atoms with E-state index in [0.29, 0.717) is 17.7 Å². The van der Waals surface area contributed by atoms with Crippen molar-refractivity contribution in [1.82, 2.24) is 0 Å². The van der Waals surface area contributed by atoms with Gasteiger partial charge >= 0.3 is 7.12 Å². The molecule has 1 aromatic rings. The summed E-state index contributed by atoms with van der Waals surface area (Å²) < 4.78 is 51.7. The first kappa shape index (κ1) is 21.9. The largest absolute Gasteiger partial charge is 0.525 e. The lowest BCUT2D eigenvalue weighted by Gasteiger charge is -2.32. The van der Waals surface area contributed by atoms with Crippen LogP contribution in [0.5, 0.6) is 5.75 Å². The summed E-state index contributed by atoms with van der Waals surface area (Å²) in [6, 6.07) is 4.36. The fraction of sp³-hybridized carbons (Fsp3) is 0.600. The Morgan fingerprint density at radius 2 is 1.74 bits per heavy atom. The summed E-state index contributed by atoms with van der Waals surface area (Å²) in [6.07, 6.45) is 0.276. The van der Waals surface area contributed by atoms with Crippen molar-refractivity contribution in [2.45, 2.75) is 65.3 Å². The highest BCUT2D eigenvalue weighted by atomic mass is 19.1. The lowest BCUT2D eigenvalue weighted by Crippen LogP contribution is -2.41. The van der Waals surface area contributed by atoms with Crippen LogP contribution in [0.3, 0.4) is 0 Å². The van der Waals surface area contributed by atoms with Gasteiger partial charge in [-0.25, -0.2) is 8.78 Å². The van der Waals surface area contributed by atoms with E-state index in [1.807, 2.05) is 41.5 Å². The summed E-state index contributed by atoms with van der Waals surface area (Å²) >= 11 is 0. The molecule has 4 nitrogen and oxygen atoms in total. The third kappa shape index (κ3) is 4.89. The number of halogens is 2. The van der Waals surface area contributed by atoms with Crippen LogP contribution in [0.4, 0.5) is 8.78 Å². The summed E-state index contributed by atoms with van der Waals surface area (Å²) in [6.45, 7) is 11.5. The van der Waals surface area contributed by atoms with Crippen molar-refractivity contribution >= 4 is 12.7 Å². The van der Waals surface area contributed by atoms with Gasteiger partial charge in [-0.05, 0) is 71.2 Å². The van der Waals surface area contributed by atoms with E-state index in [9.17, 15) is 4.39 Å². The van der Waals surface area contributed by atoms with Gasteiger partial charge in [0.25, 0.3) is 0 Å². The molecule has 150 valence electrons. The van der Waals surface area contributed by atoms with E-state index in [4.69, 9.17) is 18.8 Å². The molecule has 0 atom stereocenters. The molecule has 0 bridgehead atoms. The van der Waals surface area contributed by atoms with E-state index in [1.54, 1.807) is 6.07 Å². The van der Waals surface area contributed by atoms with Crippen molar-refractivity contribution in [3.8, 4) is 5.75 Å². The average molecular weight is 382 g/mol. The zero-order chi connectivity index (χ0) is 20.4. The second kappa shape index (κ2) is 8.29. The minimum Gasteiger partial charge on any atom is -0.494 e. The van der Waals surface area contributed by atoms with E-state index in [2.05, 4.69) is 0 Å². The predicted octanol–water partition coefficient (Wildman–Crippen LogP) is 4.96. The van der Waals surface area contributed by atoms with Crippen molar-refractivity contribution in [1.29, 1.82) is 0 Å². The molecule has 0 saturated carbocycles. The summed E-state index contributed by atoms with van der Waals surface area (Å²) in [4.78, 5) is 0. The molecule has 0 radical (unpaired) electrons. The van der Waals surface area contributed by atoms with Crippen molar-refractivity contribution < 1.29 is 27.6 Å². The van der Waals surface area contributed by atoms with Gasteiger partial charge in [0.2, 0.25) is 0 Å². The number of methoxy groups -OCH3 is 1. The SMILES string of the molecule is COc1ccc(C(CCOC(C)C)=C(F)B2OC(C)(C)C(C)(C)O2)cc1F. The quantitative estimate of drug-likeness (QED) is 0.625. The predicted molar refractivity (Wildman–Crippen MR) is 103 cm³/mol. The second-order valence-corrected chi connectivity index (χ2v) is 7.93. The minimum atomic E-state index is -1.14. The molecule has 0 amide bonds. The van der Waals surface area contributed by atoms with E-state index >= 15 is 4.39 Å². The molecule has 1 saturated heterocycles. The smallest absolute Gasteiger partial charge is 0.494 e. The Morgan fingerprint density at radius 1 is 1.15 bits per heavy atom. The van der Waals surface area contributed by atoms with Crippen LogP contribution in [0.1, 0.15) is 53.5 Å². The summed E-state index contributed by atoms with van der Waals surface area (Å²) in [5.74, 6) is -0.452. The lowest BCUT2D eigenvalue weighted by atomic mass is 9.82.